The zero-order valence-electron chi connectivity index (χ0n) is 7.50. The van der Waals surface area contributed by atoms with Crippen molar-refractivity contribution in [1.29, 1.82) is 0 Å². The van der Waals surface area contributed by atoms with E-state index in [0.29, 0.717) is 0 Å². The zero-order chi connectivity index (χ0) is 9.26. The van der Waals surface area contributed by atoms with Gasteiger partial charge in [0.1, 0.15) is 0 Å². The normalized spacial score (nSPS) is 10.3. The molecule has 0 atom stereocenters. The fraction of sp³-hybridized carbons (Fsp3) is 0.222. The van der Waals surface area contributed by atoms with Crippen LogP contribution in [-0.4, -0.2) is 12.0 Å². The quantitative estimate of drug-likeness (QED) is 0.823. The summed E-state index contributed by atoms with van der Waals surface area (Å²) >= 11 is 3.40. The van der Waals surface area contributed by atoms with Crippen LogP contribution in [-0.2, 0) is 0 Å². The molecule has 2 rings (SSSR count). The van der Waals surface area contributed by atoms with Crippen LogP contribution in [0.2, 0.25) is 0 Å². The standard InChI is InChI=1S/C9H10N2S2/c1-6-3-7(4-12-6)8-5-13-9(10-2)11-8/h3-5H,1-2H3,(H,10,11). The van der Waals surface area contributed by atoms with Gasteiger partial charge in [-0.2, -0.15) is 0 Å². The molecule has 2 nitrogen and oxygen atoms in total. The molecule has 0 aromatic carbocycles. The number of thiazole rings is 1. The van der Waals surface area contributed by atoms with E-state index in [9.17, 15) is 0 Å². The van der Waals surface area contributed by atoms with E-state index in [0.717, 1.165) is 10.8 Å². The first-order valence-corrected chi connectivity index (χ1v) is 5.74. The fourth-order valence-electron chi connectivity index (χ4n) is 1.10. The predicted octanol–water partition coefficient (Wildman–Crippen LogP) is 3.22. The lowest BCUT2D eigenvalue weighted by molar-refractivity contribution is 1.37. The van der Waals surface area contributed by atoms with Crippen LogP contribution in [0, 0.1) is 6.92 Å². The van der Waals surface area contributed by atoms with E-state index in [4.69, 9.17) is 0 Å². The molecule has 0 fully saturated rings. The summed E-state index contributed by atoms with van der Waals surface area (Å²) in [7, 11) is 1.89. The van der Waals surface area contributed by atoms with Crippen molar-refractivity contribution in [3.63, 3.8) is 0 Å². The highest BCUT2D eigenvalue weighted by Crippen LogP contribution is 2.27. The van der Waals surface area contributed by atoms with E-state index in [1.807, 2.05) is 7.05 Å². The molecule has 0 radical (unpaired) electrons. The molecule has 2 heterocycles. The zero-order valence-corrected chi connectivity index (χ0v) is 9.13. The summed E-state index contributed by atoms with van der Waals surface area (Å²) in [5.74, 6) is 0. The summed E-state index contributed by atoms with van der Waals surface area (Å²) in [5.41, 5.74) is 2.29. The molecule has 0 aliphatic rings. The van der Waals surface area contributed by atoms with Gasteiger partial charge in [-0.1, -0.05) is 0 Å². The number of rotatable bonds is 2. The van der Waals surface area contributed by atoms with Gasteiger partial charge in [0.15, 0.2) is 5.13 Å². The van der Waals surface area contributed by atoms with Gasteiger partial charge in [-0.15, -0.1) is 22.7 Å². The smallest absolute Gasteiger partial charge is 0.182 e. The highest BCUT2D eigenvalue weighted by atomic mass is 32.1. The molecule has 0 saturated heterocycles. The Hall–Kier alpha value is -0.870. The van der Waals surface area contributed by atoms with Crippen LogP contribution in [0.1, 0.15) is 4.88 Å². The third kappa shape index (κ3) is 1.73. The molecule has 68 valence electrons. The topological polar surface area (TPSA) is 24.9 Å². The van der Waals surface area contributed by atoms with Gasteiger partial charge in [-0.05, 0) is 13.0 Å². The van der Waals surface area contributed by atoms with Crippen LogP contribution in [0.5, 0.6) is 0 Å². The lowest BCUT2D eigenvalue weighted by Crippen LogP contribution is -1.85. The number of thiophene rings is 1. The van der Waals surface area contributed by atoms with Crippen LogP contribution in [0.3, 0.4) is 0 Å². The van der Waals surface area contributed by atoms with Gasteiger partial charge in [-0.25, -0.2) is 4.98 Å². The van der Waals surface area contributed by atoms with Gasteiger partial charge >= 0.3 is 0 Å². The minimum atomic E-state index is 0.971. The Labute approximate surface area is 85.3 Å². The van der Waals surface area contributed by atoms with Crippen molar-refractivity contribution in [2.45, 2.75) is 6.92 Å². The fourth-order valence-corrected chi connectivity index (χ4v) is 2.48. The van der Waals surface area contributed by atoms with E-state index in [2.05, 4.69) is 34.1 Å². The minimum Gasteiger partial charge on any atom is -0.365 e. The SMILES string of the molecule is CNc1nc(-c2csc(C)c2)cs1. The van der Waals surface area contributed by atoms with E-state index in [1.165, 1.54) is 10.4 Å². The number of nitrogens with zero attached hydrogens (tertiary/aromatic N) is 1. The van der Waals surface area contributed by atoms with Gasteiger partial charge in [0.05, 0.1) is 5.69 Å². The maximum atomic E-state index is 4.43. The van der Waals surface area contributed by atoms with E-state index >= 15 is 0 Å². The van der Waals surface area contributed by atoms with E-state index in [1.54, 1.807) is 22.7 Å². The van der Waals surface area contributed by atoms with Crippen molar-refractivity contribution < 1.29 is 0 Å². The summed E-state index contributed by atoms with van der Waals surface area (Å²) < 4.78 is 0. The molecule has 0 spiro atoms. The first-order valence-electron chi connectivity index (χ1n) is 3.98. The molecule has 2 aromatic heterocycles. The van der Waals surface area contributed by atoms with E-state index in [-0.39, 0.29) is 0 Å². The van der Waals surface area contributed by atoms with Crippen LogP contribution in [0.15, 0.2) is 16.8 Å². The molecule has 0 amide bonds. The number of nitrogens with one attached hydrogen (secondary N) is 1. The summed E-state index contributed by atoms with van der Waals surface area (Å²) in [4.78, 5) is 5.75. The molecule has 4 heteroatoms. The number of hydrogen-bond donors (Lipinski definition) is 1. The van der Waals surface area contributed by atoms with Gasteiger partial charge in [0.25, 0.3) is 0 Å². The molecule has 0 aliphatic heterocycles. The Morgan fingerprint density at radius 3 is 2.69 bits per heavy atom. The largest absolute Gasteiger partial charge is 0.365 e. The predicted molar refractivity (Wildman–Crippen MR) is 59.7 cm³/mol. The van der Waals surface area contributed by atoms with Gasteiger partial charge in [0.2, 0.25) is 0 Å². The molecule has 0 unspecified atom stereocenters. The van der Waals surface area contributed by atoms with Crippen LogP contribution in [0.4, 0.5) is 5.13 Å². The van der Waals surface area contributed by atoms with Gasteiger partial charge in [-0.3, -0.25) is 0 Å². The summed E-state index contributed by atoms with van der Waals surface area (Å²) in [6, 6.07) is 2.17. The van der Waals surface area contributed by atoms with Crippen molar-refractivity contribution >= 4 is 27.8 Å². The number of hydrogen-bond acceptors (Lipinski definition) is 4. The number of aryl methyl sites for hydroxylation is 1. The second-order valence-electron chi connectivity index (χ2n) is 2.73. The van der Waals surface area contributed by atoms with Gasteiger partial charge < -0.3 is 5.32 Å². The first kappa shape index (κ1) is 8.72. The summed E-state index contributed by atoms with van der Waals surface area (Å²) in [6.45, 7) is 2.11. The monoisotopic (exact) mass is 210 g/mol. The Balaban J connectivity index is 2.35. The summed E-state index contributed by atoms with van der Waals surface area (Å²) in [5, 5.41) is 8.23. The lowest BCUT2D eigenvalue weighted by atomic mass is 10.2. The average Bonchev–Trinajstić information content (AvgIpc) is 2.71. The maximum absolute atomic E-state index is 4.43. The number of anilines is 1. The molecule has 0 bridgehead atoms. The molecular weight excluding hydrogens is 200 g/mol. The van der Waals surface area contributed by atoms with Crippen LogP contribution in [0.25, 0.3) is 11.3 Å². The third-order valence-corrected chi connectivity index (χ3v) is 3.47. The Morgan fingerprint density at radius 1 is 1.31 bits per heavy atom. The average molecular weight is 210 g/mol. The number of aromatic nitrogens is 1. The van der Waals surface area contributed by atoms with Gasteiger partial charge in [0, 0.05) is 28.2 Å². The van der Waals surface area contributed by atoms with Crippen molar-refractivity contribution in [3.05, 3.63) is 21.7 Å². The highest BCUT2D eigenvalue weighted by molar-refractivity contribution is 7.14. The maximum Gasteiger partial charge on any atom is 0.182 e. The van der Waals surface area contributed by atoms with E-state index < -0.39 is 0 Å². The molecule has 2 aromatic rings. The summed E-state index contributed by atoms with van der Waals surface area (Å²) in [6.07, 6.45) is 0. The molecular formula is C9H10N2S2. The minimum absolute atomic E-state index is 0.971. The molecule has 0 saturated carbocycles. The van der Waals surface area contributed by atoms with Crippen LogP contribution < -0.4 is 5.32 Å². The van der Waals surface area contributed by atoms with Crippen LogP contribution >= 0.6 is 22.7 Å². The second kappa shape index (κ2) is 3.47. The lowest BCUT2D eigenvalue weighted by Gasteiger charge is -1.89. The van der Waals surface area contributed by atoms with Crippen molar-refractivity contribution in [1.82, 2.24) is 4.98 Å². The molecule has 13 heavy (non-hydrogen) atoms. The van der Waals surface area contributed by atoms with Crippen molar-refractivity contribution in [2.24, 2.45) is 0 Å². The Morgan fingerprint density at radius 2 is 2.15 bits per heavy atom. The van der Waals surface area contributed by atoms with Crippen molar-refractivity contribution in [2.75, 3.05) is 12.4 Å². The molecule has 0 aliphatic carbocycles. The second-order valence-corrected chi connectivity index (χ2v) is 4.71. The molecule has 1 N–H and O–H groups in total. The highest BCUT2D eigenvalue weighted by Gasteiger charge is 2.04. The third-order valence-electron chi connectivity index (χ3n) is 1.74. The Bertz CT molecular complexity index is 403. The van der Waals surface area contributed by atoms with Crippen molar-refractivity contribution in [3.8, 4) is 11.3 Å². The first-order chi connectivity index (χ1) is 6.29. The Kier molecular flexibility index (Phi) is 2.33.